The Bertz CT molecular complexity index is 7070. The molecule has 148 heavy (non-hydrogen) atoms. The van der Waals surface area contributed by atoms with E-state index in [-0.39, 0.29) is 107 Å². The molecule has 0 aliphatic carbocycles. The summed E-state index contributed by atoms with van der Waals surface area (Å²) >= 11 is 10.9. The van der Waals surface area contributed by atoms with Gasteiger partial charge in [0.25, 0.3) is 0 Å². The number of fused-ring (bicyclic) bond motifs is 4. The van der Waals surface area contributed by atoms with Gasteiger partial charge in [0, 0.05) is 170 Å². The smallest absolute Gasteiger partial charge is 0.416 e. The second kappa shape index (κ2) is 49.0. The van der Waals surface area contributed by atoms with Crippen molar-refractivity contribution in [1.82, 2.24) is 19.6 Å². The molecular weight excluding hydrogens is 2010 g/mol. The number of aryl methyl sites for hydroxylation is 2. The van der Waals surface area contributed by atoms with Gasteiger partial charge in [0.2, 0.25) is 23.1 Å². The fraction of sp³-hybridized carbons (Fsp3) is 0.270. The van der Waals surface area contributed by atoms with E-state index in [9.17, 15) is 74.7 Å². The van der Waals surface area contributed by atoms with Crippen LogP contribution in [0.5, 0.6) is 92.0 Å². The third-order valence-corrected chi connectivity index (χ3v) is 30.2. The van der Waals surface area contributed by atoms with Gasteiger partial charge < -0.3 is 77.9 Å². The highest BCUT2D eigenvalue weighted by atomic mass is 35.5. The first-order valence-corrected chi connectivity index (χ1v) is 52.0. The van der Waals surface area contributed by atoms with Crippen LogP contribution in [0.3, 0.4) is 0 Å². The zero-order valence-electron chi connectivity index (χ0n) is 80.6. The Morgan fingerprint density at radius 1 is 0.331 bits per heavy atom. The number of carbonyl (C=O) groups excluding carboxylic acids is 4. The van der Waals surface area contributed by atoms with Crippen LogP contribution in [-0.4, -0.2) is 195 Å². The number of phenolic OH excluding ortho intramolecular Hbond substituents is 4. The number of hydrogen-bond donors (Lipinski definition) is 4. The summed E-state index contributed by atoms with van der Waals surface area (Å²) < 4.78 is 153. The fourth-order valence-corrected chi connectivity index (χ4v) is 22.0. The molecule has 8 heterocycles. The minimum absolute atomic E-state index is 0.0154. The van der Waals surface area contributed by atoms with Crippen molar-refractivity contribution in [2.24, 2.45) is 23.7 Å². The standard InChI is InChI=1S/C30H30FNO4S.C29H25F4NO4S.C28H25ClFNO4S.C28H25F2NO4S/c1-19-4-5-20(2)26(14-19)28(34)30-29(25-11-6-22(33)15-27(25)37-30)36-24-9-7-23(8-10-24)35-13-3-12-32-17-21(16-31)18-32;30-15-18-16-34(17-18)12-1-13-37-22-7-9-23(10-8-22)38-27-24-11-6-21(35)14-25(24)39-28(27)26(36)19-2-4-20(5-3-19)29(31,32)33;29-20-4-2-19(3-5-20)26(33)28-27(24-11-6-21(32)14-25(24)36-28)35-23-9-7-22(8-10-23)34-13-1-12-31-16-18(15-30)17-31;29-15-18-16-31(17-18)12-1-13-34-22-7-9-23(10-8-22)35-27-24-11-6-21(32)14-25(24)36-28(27)26(33)19-2-4-20(30)5-3-19/h4-11,14-15,21,33H,3,12-13,16-18H2,1-2H3;2-11,14,18,35H,1,12-13,15-17H2;2*2-11,14,18,32H,1,12-13,15-17H2. The van der Waals surface area contributed by atoms with E-state index in [1.165, 1.54) is 70.4 Å². The van der Waals surface area contributed by atoms with E-state index >= 15 is 0 Å². The third kappa shape index (κ3) is 26.9. The molecule has 0 amide bonds. The summed E-state index contributed by atoms with van der Waals surface area (Å²) in [6, 6.07) is 70.1. The van der Waals surface area contributed by atoms with Gasteiger partial charge in [0.05, 0.1) is 58.7 Å². The summed E-state index contributed by atoms with van der Waals surface area (Å²) in [6.45, 7) is 15.3. The molecule has 4 N–H and O–H groups in total. The molecule has 768 valence electrons. The first-order chi connectivity index (χ1) is 71.6. The molecule has 0 unspecified atom stereocenters. The summed E-state index contributed by atoms with van der Waals surface area (Å²) in [6.07, 6.45) is -1.06. The Hall–Kier alpha value is -13.7. The molecule has 20 rings (SSSR count). The van der Waals surface area contributed by atoms with Gasteiger partial charge in [-0.3, -0.25) is 36.7 Å². The van der Waals surface area contributed by atoms with Gasteiger partial charge in [0.1, 0.15) is 94.3 Å². The number of alkyl halides is 7. The lowest BCUT2D eigenvalue weighted by molar-refractivity contribution is -0.137. The Labute approximate surface area is 870 Å². The molecule has 0 atom stereocenters. The van der Waals surface area contributed by atoms with Crippen molar-refractivity contribution in [3.05, 3.63) is 330 Å². The quantitative estimate of drug-likeness (QED) is 0.0159. The molecule has 4 fully saturated rings. The predicted octanol–water partition coefficient (Wildman–Crippen LogP) is 27.6. The molecule has 12 aromatic carbocycles. The van der Waals surface area contributed by atoms with E-state index < -0.39 is 23.3 Å². The van der Waals surface area contributed by atoms with E-state index in [0.29, 0.717) is 135 Å². The van der Waals surface area contributed by atoms with Crippen molar-refractivity contribution in [3.8, 4) is 92.0 Å². The normalized spacial score (nSPS) is 14.1. The number of halogens is 9. The van der Waals surface area contributed by atoms with Crippen molar-refractivity contribution >= 4 is 120 Å². The van der Waals surface area contributed by atoms with Crippen LogP contribution in [0.4, 0.5) is 35.1 Å². The highest BCUT2D eigenvalue weighted by Gasteiger charge is 2.35. The fourth-order valence-electron chi connectivity index (χ4n) is 17.4. The molecule has 0 saturated carbocycles. The zero-order valence-corrected chi connectivity index (χ0v) is 84.6. The van der Waals surface area contributed by atoms with Crippen LogP contribution in [0.2, 0.25) is 5.02 Å². The van der Waals surface area contributed by atoms with E-state index in [2.05, 4.69) is 19.6 Å². The van der Waals surface area contributed by atoms with Gasteiger partial charge in [-0.05, 0) is 282 Å². The maximum atomic E-state index is 13.6. The minimum Gasteiger partial charge on any atom is -0.508 e. The summed E-state index contributed by atoms with van der Waals surface area (Å²) in [7, 11) is 0. The summed E-state index contributed by atoms with van der Waals surface area (Å²) in [4.78, 5) is 63.9. The number of aromatic hydroxyl groups is 4. The Kier molecular flexibility index (Phi) is 35.0. The Morgan fingerprint density at radius 2 is 0.588 bits per heavy atom. The van der Waals surface area contributed by atoms with Crippen LogP contribution in [0.1, 0.15) is 103 Å². The first kappa shape index (κ1) is 106. The maximum Gasteiger partial charge on any atom is 0.416 e. The van der Waals surface area contributed by atoms with E-state index in [1.807, 2.05) is 68.4 Å². The summed E-state index contributed by atoms with van der Waals surface area (Å²) in [5.74, 6) is 6.19. The second-order valence-corrected chi connectivity index (χ2v) is 41.4. The molecule has 20 nitrogen and oxygen atoms in total. The van der Waals surface area contributed by atoms with Crippen molar-refractivity contribution in [2.75, 3.05) is 132 Å². The SMILES string of the molecule is Cc1ccc(C)c(C(=O)c2sc3cc(O)ccc3c2Oc2ccc(OCCCN3CC(CF)C3)cc2)c1.O=C(c1ccc(C(F)(F)F)cc1)c1sc2cc(O)ccc2c1Oc1ccc(OCCCN2CC(CF)C2)cc1.O=C(c1ccc(Cl)cc1)c1sc2cc(O)ccc2c1Oc1ccc(OCCCN2CC(CF)C2)cc1.O=C(c1ccc(F)cc1)c1sc2cc(O)ccc2c1Oc1ccc(OCCCN2CC(CF)C2)cc1. The summed E-state index contributed by atoms with van der Waals surface area (Å²) in [5, 5.41) is 43.1. The number of thiophene rings is 4. The lowest BCUT2D eigenvalue weighted by Gasteiger charge is -2.37. The Balaban J connectivity index is 0.000000135. The number of carbonyl (C=O) groups is 4. The molecule has 33 heteroatoms. The number of nitrogens with zero attached hydrogens (tertiary/aromatic N) is 4. The van der Waals surface area contributed by atoms with Gasteiger partial charge in [-0.25, -0.2) is 4.39 Å². The molecule has 4 aromatic heterocycles. The number of hydrogen-bond acceptors (Lipinski definition) is 24. The number of likely N-dealkylation sites (tertiary alicyclic amines) is 4. The van der Waals surface area contributed by atoms with Gasteiger partial charge >= 0.3 is 6.18 Å². The third-order valence-electron chi connectivity index (χ3n) is 25.4. The van der Waals surface area contributed by atoms with Gasteiger partial charge in [0.15, 0.2) is 23.0 Å². The van der Waals surface area contributed by atoms with E-state index in [1.54, 1.807) is 146 Å². The lowest BCUT2D eigenvalue weighted by Crippen LogP contribution is -2.48. The van der Waals surface area contributed by atoms with Crippen LogP contribution < -0.4 is 37.9 Å². The van der Waals surface area contributed by atoms with Crippen LogP contribution in [-0.2, 0) is 6.18 Å². The van der Waals surface area contributed by atoms with Crippen LogP contribution >= 0.6 is 56.9 Å². The van der Waals surface area contributed by atoms with Crippen molar-refractivity contribution in [3.63, 3.8) is 0 Å². The zero-order chi connectivity index (χ0) is 104. The van der Waals surface area contributed by atoms with Crippen LogP contribution in [0, 0.1) is 43.3 Å². The second-order valence-electron chi connectivity index (χ2n) is 36.7. The highest BCUT2D eigenvalue weighted by Crippen LogP contribution is 2.49. The molecule has 16 aromatic rings. The first-order valence-electron chi connectivity index (χ1n) is 48.3. The van der Waals surface area contributed by atoms with Crippen molar-refractivity contribution < 1.29 is 113 Å². The van der Waals surface area contributed by atoms with Crippen LogP contribution in [0.25, 0.3) is 40.3 Å². The average molecular weight is 2110 g/mol. The number of ether oxygens (including phenoxy) is 8. The predicted molar refractivity (Wildman–Crippen MR) is 563 cm³/mol. The largest absolute Gasteiger partial charge is 0.508 e. The van der Waals surface area contributed by atoms with E-state index in [0.717, 1.165) is 183 Å². The van der Waals surface area contributed by atoms with Gasteiger partial charge in [-0.2, -0.15) is 13.2 Å². The van der Waals surface area contributed by atoms with Gasteiger partial charge in [-0.15, -0.1) is 45.3 Å². The van der Waals surface area contributed by atoms with Crippen molar-refractivity contribution in [2.45, 2.75) is 45.7 Å². The molecular formula is C115H105ClF8N4O16S4. The van der Waals surface area contributed by atoms with Gasteiger partial charge in [-0.1, -0.05) is 41.4 Å². The lowest BCUT2D eigenvalue weighted by atomic mass is 10.0. The molecule has 4 aliphatic heterocycles. The highest BCUT2D eigenvalue weighted by molar-refractivity contribution is 7.22. The minimum atomic E-state index is -4.50. The van der Waals surface area contributed by atoms with Crippen LogP contribution in [0.15, 0.2) is 261 Å². The number of rotatable bonds is 40. The molecule has 4 aliphatic rings. The summed E-state index contributed by atoms with van der Waals surface area (Å²) in [5.41, 5.74) is 2.65. The number of ketones is 4. The molecule has 0 bridgehead atoms. The molecule has 0 spiro atoms. The van der Waals surface area contributed by atoms with Crippen molar-refractivity contribution in [1.29, 1.82) is 0 Å². The maximum absolute atomic E-state index is 13.6. The number of benzene rings is 12. The monoisotopic (exact) mass is 2110 g/mol. The van der Waals surface area contributed by atoms with E-state index in [4.69, 9.17) is 49.5 Å². The molecule has 0 radical (unpaired) electrons. The Morgan fingerprint density at radius 3 is 0.858 bits per heavy atom. The number of phenols is 4. The average Bonchev–Trinajstić information content (AvgIpc) is 1.63. The molecule has 4 saturated heterocycles. The topological polar surface area (TPSA) is 236 Å².